The van der Waals surface area contributed by atoms with Crippen molar-refractivity contribution in [2.75, 3.05) is 31.5 Å². The summed E-state index contributed by atoms with van der Waals surface area (Å²) in [5, 5.41) is 6.35. The Morgan fingerprint density at radius 3 is 2.61 bits per heavy atom. The van der Waals surface area contributed by atoms with Crippen LogP contribution in [-0.4, -0.2) is 42.0 Å². The molecule has 0 aliphatic carbocycles. The Bertz CT molecular complexity index is 972. The highest BCUT2D eigenvalue weighted by molar-refractivity contribution is 5.95. The summed E-state index contributed by atoms with van der Waals surface area (Å²) < 4.78 is 0. The molecular formula is C28H36N4O. The van der Waals surface area contributed by atoms with Crippen LogP contribution in [0.25, 0.3) is 6.08 Å². The highest BCUT2D eigenvalue weighted by atomic mass is 16.1. The zero-order chi connectivity index (χ0) is 23.9. The third-order valence-corrected chi connectivity index (χ3v) is 5.15. The second-order valence-electron chi connectivity index (χ2n) is 7.74. The van der Waals surface area contributed by atoms with E-state index in [2.05, 4.69) is 40.9 Å². The molecule has 5 nitrogen and oxygen atoms in total. The lowest BCUT2D eigenvalue weighted by molar-refractivity contribution is 0.0952. The van der Waals surface area contributed by atoms with Crippen molar-refractivity contribution in [2.24, 2.45) is 0 Å². The molecule has 1 amide bonds. The maximum atomic E-state index is 12.5. The van der Waals surface area contributed by atoms with E-state index < -0.39 is 0 Å². The van der Waals surface area contributed by atoms with Gasteiger partial charge in [-0.1, -0.05) is 50.8 Å². The standard InChI is InChI=1S/C28H36N4O/c1-5-32(6-2)21-9-18-30-28(33)26-12-8-13-27(22-26)31-24(4)11-7-10-23(3)14-15-25-16-19-29-20-17-25/h7-8,10-17,19-20,22,31H,3,5-6,9,18,21H2,1-2,4H3,(H,30,33)/b10-7-,15-14+,24-11+. The zero-order valence-electron chi connectivity index (χ0n) is 20.1. The topological polar surface area (TPSA) is 57.3 Å². The molecule has 1 heterocycles. The molecule has 33 heavy (non-hydrogen) atoms. The van der Waals surface area contributed by atoms with Crippen LogP contribution in [0.5, 0.6) is 0 Å². The van der Waals surface area contributed by atoms with Gasteiger partial charge in [-0.05, 0) is 80.5 Å². The molecular weight excluding hydrogens is 408 g/mol. The van der Waals surface area contributed by atoms with Crippen molar-refractivity contribution in [3.8, 4) is 0 Å². The van der Waals surface area contributed by atoms with Crippen LogP contribution in [0, 0.1) is 0 Å². The van der Waals surface area contributed by atoms with Gasteiger partial charge in [0.1, 0.15) is 0 Å². The van der Waals surface area contributed by atoms with Crippen molar-refractivity contribution in [2.45, 2.75) is 27.2 Å². The predicted octanol–water partition coefficient (Wildman–Crippen LogP) is 5.68. The normalized spacial score (nSPS) is 11.9. The minimum atomic E-state index is -0.0444. The third kappa shape index (κ3) is 10.1. The number of hydrogen-bond donors (Lipinski definition) is 2. The van der Waals surface area contributed by atoms with E-state index in [9.17, 15) is 4.79 Å². The maximum Gasteiger partial charge on any atom is 0.251 e. The van der Waals surface area contributed by atoms with Crippen LogP contribution in [0.4, 0.5) is 5.69 Å². The first-order chi connectivity index (χ1) is 16.0. The molecule has 0 fully saturated rings. The van der Waals surface area contributed by atoms with Crippen LogP contribution in [0.3, 0.4) is 0 Å². The summed E-state index contributed by atoms with van der Waals surface area (Å²) in [6.07, 6.45) is 14.3. The lowest BCUT2D eigenvalue weighted by atomic mass is 10.1. The summed E-state index contributed by atoms with van der Waals surface area (Å²) in [6.45, 7) is 14.1. The quantitative estimate of drug-likeness (QED) is 0.308. The fraction of sp³-hybridized carbons (Fsp3) is 0.286. The van der Waals surface area contributed by atoms with Gasteiger partial charge in [-0.25, -0.2) is 0 Å². The van der Waals surface area contributed by atoms with Crippen molar-refractivity contribution in [3.63, 3.8) is 0 Å². The summed E-state index contributed by atoms with van der Waals surface area (Å²) in [6, 6.07) is 11.4. The number of carbonyl (C=O) groups excluding carboxylic acids is 1. The summed E-state index contributed by atoms with van der Waals surface area (Å²) in [7, 11) is 0. The number of nitrogens with one attached hydrogen (secondary N) is 2. The van der Waals surface area contributed by atoms with E-state index in [0.29, 0.717) is 12.1 Å². The van der Waals surface area contributed by atoms with Gasteiger partial charge in [0.15, 0.2) is 0 Å². The Kier molecular flexibility index (Phi) is 11.4. The molecule has 2 aromatic rings. The first-order valence-electron chi connectivity index (χ1n) is 11.5. The van der Waals surface area contributed by atoms with Gasteiger partial charge in [-0.2, -0.15) is 0 Å². The fourth-order valence-electron chi connectivity index (χ4n) is 3.20. The molecule has 0 spiro atoms. The fourth-order valence-corrected chi connectivity index (χ4v) is 3.20. The van der Waals surface area contributed by atoms with Crippen molar-refractivity contribution in [1.29, 1.82) is 0 Å². The number of amides is 1. The molecule has 0 radical (unpaired) electrons. The van der Waals surface area contributed by atoms with E-state index >= 15 is 0 Å². The molecule has 0 saturated heterocycles. The second kappa shape index (κ2) is 14.6. The van der Waals surface area contributed by atoms with Gasteiger partial charge >= 0.3 is 0 Å². The number of benzene rings is 1. The monoisotopic (exact) mass is 444 g/mol. The lowest BCUT2D eigenvalue weighted by Gasteiger charge is -2.17. The Morgan fingerprint density at radius 1 is 1.12 bits per heavy atom. The number of pyridine rings is 1. The highest BCUT2D eigenvalue weighted by Gasteiger charge is 2.06. The summed E-state index contributed by atoms with van der Waals surface area (Å²) in [4.78, 5) is 18.8. The highest BCUT2D eigenvalue weighted by Crippen LogP contribution is 2.13. The lowest BCUT2D eigenvalue weighted by Crippen LogP contribution is -2.29. The largest absolute Gasteiger partial charge is 0.359 e. The van der Waals surface area contributed by atoms with Crippen LogP contribution < -0.4 is 10.6 Å². The third-order valence-electron chi connectivity index (χ3n) is 5.15. The smallest absolute Gasteiger partial charge is 0.251 e. The Morgan fingerprint density at radius 2 is 1.88 bits per heavy atom. The van der Waals surface area contributed by atoms with E-state index in [1.54, 1.807) is 12.4 Å². The molecule has 174 valence electrons. The molecule has 0 saturated carbocycles. The van der Waals surface area contributed by atoms with Crippen LogP contribution in [-0.2, 0) is 0 Å². The van der Waals surface area contributed by atoms with Crippen molar-refractivity contribution in [1.82, 2.24) is 15.2 Å². The van der Waals surface area contributed by atoms with Crippen LogP contribution in [0.15, 0.2) is 90.9 Å². The number of nitrogens with zero attached hydrogens (tertiary/aromatic N) is 2. The molecule has 5 heteroatoms. The Labute approximate surface area is 198 Å². The van der Waals surface area contributed by atoms with Crippen LogP contribution in [0.2, 0.25) is 0 Å². The number of rotatable bonds is 13. The van der Waals surface area contributed by atoms with Gasteiger partial charge in [0.25, 0.3) is 5.91 Å². The van der Waals surface area contributed by atoms with Gasteiger partial charge in [0.05, 0.1) is 0 Å². The summed E-state index contributed by atoms with van der Waals surface area (Å²) in [5.74, 6) is -0.0444. The number of aromatic nitrogens is 1. The number of allylic oxidation sites excluding steroid dienone is 6. The first-order valence-corrected chi connectivity index (χ1v) is 11.5. The minimum Gasteiger partial charge on any atom is -0.359 e. The molecule has 0 atom stereocenters. The first kappa shape index (κ1) is 25.8. The average Bonchev–Trinajstić information content (AvgIpc) is 2.83. The molecule has 1 aromatic heterocycles. The summed E-state index contributed by atoms with van der Waals surface area (Å²) >= 11 is 0. The van der Waals surface area contributed by atoms with E-state index in [1.165, 1.54) is 0 Å². The molecule has 2 rings (SSSR count). The second-order valence-corrected chi connectivity index (χ2v) is 7.74. The van der Waals surface area contributed by atoms with Gasteiger partial charge in [0, 0.05) is 35.9 Å². The molecule has 0 unspecified atom stereocenters. The van der Waals surface area contributed by atoms with E-state index in [-0.39, 0.29) is 5.91 Å². The molecule has 2 N–H and O–H groups in total. The molecule has 0 aliphatic rings. The Hall–Kier alpha value is -3.44. The number of hydrogen-bond acceptors (Lipinski definition) is 4. The number of anilines is 1. The maximum absolute atomic E-state index is 12.5. The van der Waals surface area contributed by atoms with E-state index in [0.717, 1.165) is 48.6 Å². The SMILES string of the molecule is C=C(/C=C\C=C(/C)Nc1cccc(C(=O)NCCCN(CC)CC)c1)/C=C/c1ccncc1. The van der Waals surface area contributed by atoms with Gasteiger partial charge in [-0.15, -0.1) is 0 Å². The van der Waals surface area contributed by atoms with Crippen LogP contribution >= 0.6 is 0 Å². The minimum absolute atomic E-state index is 0.0444. The van der Waals surface area contributed by atoms with E-state index in [4.69, 9.17) is 0 Å². The molecule has 0 aliphatic heterocycles. The zero-order valence-corrected chi connectivity index (χ0v) is 20.1. The van der Waals surface area contributed by atoms with Crippen molar-refractivity contribution < 1.29 is 4.79 Å². The van der Waals surface area contributed by atoms with Gasteiger partial charge < -0.3 is 15.5 Å². The van der Waals surface area contributed by atoms with Crippen molar-refractivity contribution in [3.05, 3.63) is 102 Å². The van der Waals surface area contributed by atoms with E-state index in [1.807, 2.05) is 73.7 Å². The van der Waals surface area contributed by atoms with Gasteiger partial charge in [0.2, 0.25) is 0 Å². The summed E-state index contributed by atoms with van der Waals surface area (Å²) in [5.41, 5.74) is 4.48. The number of carbonyl (C=O) groups is 1. The van der Waals surface area contributed by atoms with Crippen molar-refractivity contribution >= 4 is 17.7 Å². The Balaban J connectivity index is 1.83. The van der Waals surface area contributed by atoms with Gasteiger partial charge in [-0.3, -0.25) is 9.78 Å². The predicted molar refractivity (Wildman–Crippen MR) is 140 cm³/mol. The molecule has 0 bridgehead atoms. The average molecular weight is 445 g/mol. The van der Waals surface area contributed by atoms with Crippen LogP contribution in [0.1, 0.15) is 43.1 Å². The molecule has 1 aromatic carbocycles.